The molecule has 8 heteroatoms. The molecule has 1 unspecified atom stereocenters. The second-order valence-electron chi connectivity index (χ2n) is 4.16. The van der Waals surface area contributed by atoms with Gasteiger partial charge in [-0.2, -0.15) is 0 Å². The summed E-state index contributed by atoms with van der Waals surface area (Å²) in [4.78, 5) is 19.6. The van der Waals surface area contributed by atoms with Crippen LogP contribution in [0, 0.1) is 6.92 Å². The van der Waals surface area contributed by atoms with E-state index in [0.717, 1.165) is 5.56 Å². The summed E-state index contributed by atoms with van der Waals surface area (Å²) in [6.07, 6.45) is 2.26. The lowest BCUT2D eigenvalue weighted by Crippen LogP contribution is -2.24. The predicted octanol–water partition coefficient (Wildman–Crippen LogP) is 2.06. The van der Waals surface area contributed by atoms with E-state index in [1.807, 2.05) is 0 Å². The van der Waals surface area contributed by atoms with E-state index in [1.165, 1.54) is 11.8 Å². The molecule has 0 bridgehead atoms. The van der Waals surface area contributed by atoms with Gasteiger partial charge in [-0.15, -0.1) is 11.6 Å². The maximum Gasteiger partial charge on any atom is 0.143 e. The average Bonchev–Trinajstić information content (AvgIpc) is 2.37. The van der Waals surface area contributed by atoms with Crippen LogP contribution in [0.25, 0.3) is 0 Å². The summed E-state index contributed by atoms with van der Waals surface area (Å²) in [7, 11) is 0. The Morgan fingerprint density at radius 1 is 1.65 bits per heavy atom. The fraction of sp³-hybridized carbons (Fsp3) is 0.500. The quantitative estimate of drug-likeness (QED) is 0.609. The van der Waals surface area contributed by atoms with Crippen molar-refractivity contribution in [2.75, 3.05) is 11.6 Å². The molecule has 0 radical (unpaired) electrons. The third kappa shape index (κ3) is 5.60. The van der Waals surface area contributed by atoms with Crippen LogP contribution in [0.4, 0.5) is 5.82 Å². The van der Waals surface area contributed by atoms with Crippen LogP contribution in [0.15, 0.2) is 6.20 Å². The van der Waals surface area contributed by atoms with Crippen LogP contribution in [0.2, 0.25) is 0 Å². The molecule has 0 aliphatic heterocycles. The number of aryl methyl sites for hydroxylation is 1. The smallest absolute Gasteiger partial charge is 0.143 e. The molecule has 0 aliphatic rings. The first-order valence-corrected chi connectivity index (χ1v) is 7.85. The van der Waals surface area contributed by atoms with Gasteiger partial charge in [-0.05, 0) is 20.3 Å². The van der Waals surface area contributed by atoms with Crippen LogP contribution in [0.3, 0.4) is 0 Å². The lowest BCUT2D eigenvalue weighted by Gasteiger charge is -2.14. The number of anilines is 1. The molecule has 0 fully saturated rings. The summed E-state index contributed by atoms with van der Waals surface area (Å²) in [6, 6.07) is 0. The van der Waals surface area contributed by atoms with Crippen LogP contribution < -0.4 is 11.1 Å². The highest BCUT2D eigenvalue weighted by Crippen LogP contribution is 2.18. The Hall–Kier alpha value is -0.920. The van der Waals surface area contributed by atoms with Crippen molar-refractivity contribution in [3.8, 4) is 0 Å². The summed E-state index contributed by atoms with van der Waals surface area (Å²) in [6.45, 7) is 3.75. The number of nitrogens with two attached hydrogens (primary N) is 1. The second-order valence-corrected chi connectivity index (χ2v) is 6.42. The maximum absolute atomic E-state index is 11.4. The number of hydrogen-bond donors (Lipinski definition) is 2. The number of ketones is 1. The zero-order valence-corrected chi connectivity index (χ0v) is 13.7. The van der Waals surface area contributed by atoms with Crippen LogP contribution in [0.1, 0.15) is 24.7 Å². The predicted molar refractivity (Wildman–Crippen MR) is 88.0 cm³/mol. The fourth-order valence-corrected chi connectivity index (χ4v) is 3.02. The lowest BCUT2D eigenvalue weighted by atomic mass is 10.2. The van der Waals surface area contributed by atoms with Gasteiger partial charge in [-0.1, -0.05) is 24.0 Å². The molecule has 0 aliphatic carbocycles. The molecular formula is C12H17ClN4OS2. The highest BCUT2D eigenvalue weighted by atomic mass is 35.5. The first-order chi connectivity index (χ1) is 9.43. The average molecular weight is 333 g/mol. The Bertz CT molecular complexity index is 498. The number of hydrogen-bond acceptors (Lipinski definition) is 6. The van der Waals surface area contributed by atoms with Gasteiger partial charge in [0.15, 0.2) is 0 Å². The second kappa shape index (κ2) is 8.39. The van der Waals surface area contributed by atoms with E-state index in [2.05, 4.69) is 15.3 Å². The van der Waals surface area contributed by atoms with Crippen molar-refractivity contribution in [1.82, 2.24) is 15.3 Å². The van der Waals surface area contributed by atoms with Crippen LogP contribution in [-0.2, 0) is 11.3 Å². The van der Waals surface area contributed by atoms with Gasteiger partial charge in [0, 0.05) is 24.2 Å². The van der Waals surface area contributed by atoms with Crippen molar-refractivity contribution in [2.45, 2.75) is 32.1 Å². The van der Waals surface area contributed by atoms with Crippen molar-refractivity contribution in [3.63, 3.8) is 0 Å². The Labute approximate surface area is 133 Å². The van der Waals surface area contributed by atoms with Crippen molar-refractivity contribution in [2.24, 2.45) is 0 Å². The molecule has 0 saturated heterocycles. The zero-order chi connectivity index (χ0) is 15.1. The minimum absolute atomic E-state index is 0.0676. The van der Waals surface area contributed by atoms with Gasteiger partial charge >= 0.3 is 0 Å². The van der Waals surface area contributed by atoms with E-state index in [0.29, 0.717) is 34.8 Å². The number of alkyl halides is 1. The summed E-state index contributed by atoms with van der Waals surface area (Å²) < 4.78 is 0.537. The van der Waals surface area contributed by atoms with Crippen molar-refractivity contribution in [1.29, 1.82) is 0 Å². The SMILES string of the molecule is CC(=O)C(CCCl)SC(=S)NCc1cnc(C)nc1N. The standard InChI is InChI=1S/C12H17ClN4OS2/c1-7(18)10(3-4-13)20-12(19)16-6-9-5-15-8(2)17-11(9)14/h5,10H,3-4,6H2,1-2H3,(H,16,19)(H2,14,15,17). The molecule has 0 amide bonds. The highest BCUT2D eigenvalue weighted by molar-refractivity contribution is 8.23. The van der Waals surface area contributed by atoms with Gasteiger partial charge in [0.2, 0.25) is 0 Å². The molecule has 1 aromatic heterocycles. The number of nitrogen functional groups attached to an aromatic ring is 1. The topological polar surface area (TPSA) is 80.9 Å². The van der Waals surface area contributed by atoms with Gasteiger partial charge in [-0.3, -0.25) is 4.79 Å². The number of nitrogens with zero attached hydrogens (tertiary/aromatic N) is 2. The third-order valence-electron chi connectivity index (χ3n) is 2.52. The van der Waals surface area contributed by atoms with Gasteiger partial charge in [0.25, 0.3) is 0 Å². The molecule has 3 N–H and O–H groups in total. The Balaban J connectivity index is 2.52. The molecule has 1 heterocycles. The van der Waals surface area contributed by atoms with Crippen LogP contribution in [0.5, 0.6) is 0 Å². The molecule has 5 nitrogen and oxygen atoms in total. The normalized spacial score (nSPS) is 11.9. The van der Waals surface area contributed by atoms with Crippen molar-refractivity contribution < 1.29 is 4.79 Å². The zero-order valence-electron chi connectivity index (χ0n) is 11.4. The van der Waals surface area contributed by atoms with E-state index in [-0.39, 0.29) is 11.0 Å². The largest absolute Gasteiger partial charge is 0.383 e. The van der Waals surface area contributed by atoms with E-state index in [9.17, 15) is 4.79 Å². The Morgan fingerprint density at radius 2 is 2.35 bits per heavy atom. The first-order valence-electron chi connectivity index (χ1n) is 6.03. The van der Waals surface area contributed by atoms with Gasteiger partial charge < -0.3 is 11.1 Å². The number of nitrogens with one attached hydrogen (secondary N) is 1. The minimum atomic E-state index is -0.209. The molecule has 1 rings (SSSR count). The molecule has 110 valence electrons. The lowest BCUT2D eigenvalue weighted by molar-refractivity contribution is -0.116. The number of carbonyl (C=O) groups excluding carboxylic acids is 1. The fourth-order valence-electron chi connectivity index (χ4n) is 1.43. The molecule has 0 spiro atoms. The number of aromatic nitrogens is 2. The van der Waals surface area contributed by atoms with E-state index < -0.39 is 0 Å². The molecule has 20 heavy (non-hydrogen) atoms. The van der Waals surface area contributed by atoms with Crippen LogP contribution in [-0.4, -0.2) is 31.2 Å². The summed E-state index contributed by atoms with van der Waals surface area (Å²) in [5, 5.41) is 2.83. The van der Waals surface area contributed by atoms with E-state index >= 15 is 0 Å². The summed E-state index contributed by atoms with van der Waals surface area (Å²) in [5.74, 6) is 1.56. The molecular weight excluding hydrogens is 316 g/mol. The van der Waals surface area contributed by atoms with E-state index in [1.54, 1.807) is 20.0 Å². The molecule has 0 aromatic carbocycles. The number of thioether (sulfide) groups is 1. The molecule has 1 atom stereocenters. The number of halogens is 1. The molecule has 1 aromatic rings. The number of Topliss-reactive ketones (excluding diaryl/α,β-unsaturated/α-hetero) is 1. The monoisotopic (exact) mass is 332 g/mol. The maximum atomic E-state index is 11.4. The summed E-state index contributed by atoms with van der Waals surface area (Å²) >= 11 is 12.2. The number of rotatable bonds is 6. The van der Waals surface area contributed by atoms with Gasteiger partial charge in [-0.25, -0.2) is 9.97 Å². The van der Waals surface area contributed by atoms with Crippen molar-refractivity contribution in [3.05, 3.63) is 17.6 Å². The van der Waals surface area contributed by atoms with Crippen LogP contribution >= 0.6 is 35.6 Å². The number of carbonyl (C=O) groups is 1. The van der Waals surface area contributed by atoms with Crippen molar-refractivity contribution >= 4 is 51.5 Å². The van der Waals surface area contributed by atoms with E-state index in [4.69, 9.17) is 29.6 Å². The first kappa shape index (κ1) is 17.1. The third-order valence-corrected chi connectivity index (χ3v) is 4.38. The van der Waals surface area contributed by atoms with Gasteiger partial charge in [0.05, 0.1) is 5.25 Å². The van der Waals surface area contributed by atoms with Gasteiger partial charge in [0.1, 0.15) is 21.7 Å². The molecule has 0 saturated carbocycles. The minimum Gasteiger partial charge on any atom is -0.383 e. The number of thiocarbonyl (C=S) groups is 1. The Kier molecular flexibility index (Phi) is 7.18. The highest BCUT2D eigenvalue weighted by Gasteiger charge is 2.16. The Morgan fingerprint density at radius 3 is 2.90 bits per heavy atom. The summed E-state index contributed by atoms with van der Waals surface area (Å²) in [5.41, 5.74) is 6.57.